The lowest BCUT2D eigenvalue weighted by Crippen LogP contribution is -2.40. The van der Waals surface area contributed by atoms with Crippen LogP contribution in [0.1, 0.15) is 32.1 Å². The molecule has 1 aliphatic carbocycles. The Balaban J connectivity index is 2.82. The van der Waals surface area contributed by atoms with E-state index in [1.54, 1.807) is 0 Å². The molecule has 0 saturated heterocycles. The van der Waals surface area contributed by atoms with Crippen molar-refractivity contribution in [1.82, 2.24) is 0 Å². The second-order valence-corrected chi connectivity index (χ2v) is 6.69. The highest BCUT2D eigenvalue weighted by molar-refractivity contribution is 7.94. The number of rotatable bonds is 3. The van der Waals surface area contributed by atoms with Crippen LogP contribution < -0.4 is 5.73 Å². The first-order chi connectivity index (χ1) is 6.43. The van der Waals surface area contributed by atoms with E-state index < -0.39 is 15.1 Å². The Morgan fingerprint density at radius 3 is 2.21 bits per heavy atom. The van der Waals surface area contributed by atoms with Crippen molar-refractivity contribution in [2.75, 3.05) is 6.26 Å². The summed E-state index contributed by atoms with van der Waals surface area (Å²) in [7, 11) is -3.13. The molecule has 14 heavy (non-hydrogen) atoms. The molecule has 3 nitrogen and oxygen atoms in total. The fourth-order valence-corrected chi connectivity index (χ4v) is 4.34. The molecule has 1 aliphatic rings. The third-order valence-electron chi connectivity index (χ3n) is 2.82. The molecular weight excluding hydrogens is 218 g/mol. The predicted octanol–water partition coefficient (Wildman–Crippen LogP) is 1.27. The van der Waals surface area contributed by atoms with Gasteiger partial charge in [0.1, 0.15) is 5.25 Å². The molecule has 0 heterocycles. The number of nitrogens with two attached hydrogens (primary N) is 1. The molecule has 5 heteroatoms. The van der Waals surface area contributed by atoms with Crippen LogP contribution in [0.5, 0.6) is 0 Å². The van der Waals surface area contributed by atoms with Crippen molar-refractivity contribution in [3.8, 4) is 0 Å². The van der Waals surface area contributed by atoms with Gasteiger partial charge in [-0.05, 0) is 18.8 Å². The Morgan fingerprint density at radius 1 is 1.36 bits per heavy atom. The minimum Gasteiger partial charge on any atom is -0.392 e. The van der Waals surface area contributed by atoms with Gasteiger partial charge < -0.3 is 5.73 Å². The van der Waals surface area contributed by atoms with E-state index in [4.69, 9.17) is 18.0 Å². The lowest BCUT2D eigenvalue weighted by molar-refractivity contribution is 0.368. The third-order valence-corrected chi connectivity index (χ3v) is 4.78. The topological polar surface area (TPSA) is 60.2 Å². The minimum absolute atomic E-state index is 0.138. The summed E-state index contributed by atoms with van der Waals surface area (Å²) < 4.78 is 23.0. The maximum Gasteiger partial charge on any atom is 0.157 e. The van der Waals surface area contributed by atoms with Crippen LogP contribution in [-0.2, 0) is 9.84 Å². The molecule has 1 atom stereocenters. The molecule has 0 aromatic rings. The molecule has 2 N–H and O–H groups in total. The fraction of sp³-hybridized carbons (Fsp3) is 0.889. The summed E-state index contributed by atoms with van der Waals surface area (Å²) in [6.07, 6.45) is 6.50. The molecule has 82 valence electrons. The van der Waals surface area contributed by atoms with Gasteiger partial charge in [0.2, 0.25) is 0 Å². The molecule has 0 aliphatic heterocycles. The molecule has 0 unspecified atom stereocenters. The highest BCUT2D eigenvalue weighted by Crippen LogP contribution is 2.29. The molecule has 0 bridgehead atoms. The Morgan fingerprint density at radius 2 is 1.86 bits per heavy atom. The average molecular weight is 235 g/mol. The summed E-state index contributed by atoms with van der Waals surface area (Å²) in [5.41, 5.74) is 5.51. The van der Waals surface area contributed by atoms with Crippen molar-refractivity contribution in [2.24, 2.45) is 11.7 Å². The van der Waals surface area contributed by atoms with Crippen LogP contribution in [0.2, 0.25) is 0 Å². The highest BCUT2D eigenvalue weighted by atomic mass is 32.2. The summed E-state index contributed by atoms with van der Waals surface area (Å²) in [6.45, 7) is 0. The van der Waals surface area contributed by atoms with Gasteiger partial charge in [-0.1, -0.05) is 31.5 Å². The van der Waals surface area contributed by atoms with Gasteiger partial charge in [-0.15, -0.1) is 0 Å². The van der Waals surface area contributed by atoms with Crippen LogP contribution in [0.25, 0.3) is 0 Å². The molecule has 1 fully saturated rings. The predicted molar refractivity (Wildman–Crippen MR) is 62.0 cm³/mol. The second kappa shape index (κ2) is 4.57. The molecular formula is C9H17NO2S2. The summed E-state index contributed by atoms with van der Waals surface area (Å²) in [5.74, 6) is 0.149. The summed E-state index contributed by atoms with van der Waals surface area (Å²) >= 11 is 4.84. The molecule has 0 spiro atoms. The van der Waals surface area contributed by atoms with Gasteiger partial charge >= 0.3 is 0 Å². The normalized spacial score (nSPS) is 21.8. The molecule has 0 aromatic heterocycles. The van der Waals surface area contributed by atoms with E-state index >= 15 is 0 Å². The van der Waals surface area contributed by atoms with Gasteiger partial charge in [0.25, 0.3) is 0 Å². The van der Waals surface area contributed by atoms with Crippen LogP contribution >= 0.6 is 12.2 Å². The second-order valence-electron chi connectivity index (χ2n) is 4.05. The molecule has 1 saturated carbocycles. The number of hydrogen-bond donors (Lipinski definition) is 1. The average Bonchev–Trinajstić information content (AvgIpc) is 2.02. The minimum atomic E-state index is -3.13. The zero-order valence-corrected chi connectivity index (χ0v) is 10.0. The van der Waals surface area contributed by atoms with Gasteiger partial charge in [-0.3, -0.25) is 0 Å². The van der Waals surface area contributed by atoms with Crippen molar-refractivity contribution in [1.29, 1.82) is 0 Å². The van der Waals surface area contributed by atoms with E-state index in [1.165, 1.54) is 12.7 Å². The zero-order chi connectivity index (χ0) is 10.8. The van der Waals surface area contributed by atoms with Crippen LogP contribution in [0, 0.1) is 5.92 Å². The monoisotopic (exact) mass is 235 g/mol. The highest BCUT2D eigenvalue weighted by Gasteiger charge is 2.33. The Labute approximate surface area is 91.0 Å². The fourth-order valence-electron chi connectivity index (χ4n) is 2.23. The van der Waals surface area contributed by atoms with Crippen LogP contribution in [-0.4, -0.2) is 24.9 Å². The number of thiocarbonyl (C=S) groups is 1. The van der Waals surface area contributed by atoms with E-state index in [1.807, 2.05) is 0 Å². The van der Waals surface area contributed by atoms with Gasteiger partial charge in [0, 0.05) is 6.26 Å². The molecule has 0 amide bonds. The van der Waals surface area contributed by atoms with Gasteiger partial charge in [0.15, 0.2) is 9.84 Å². The van der Waals surface area contributed by atoms with Gasteiger partial charge in [0.05, 0.1) is 4.99 Å². The van der Waals surface area contributed by atoms with E-state index in [0.717, 1.165) is 25.7 Å². The standard InChI is InChI=1S/C9H17NO2S2/c1-14(11,12)8(9(10)13)7-5-3-2-4-6-7/h7-8H,2-6H2,1H3,(H2,10,13)/t8-/m0/s1. The number of hydrogen-bond acceptors (Lipinski definition) is 3. The number of sulfone groups is 1. The molecule has 1 rings (SSSR count). The largest absolute Gasteiger partial charge is 0.392 e. The van der Waals surface area contributed by atoms with Gasteiger partial charge in [-0.2, -0.15) is 0 Å². The zero-order valence-electron chi connectivity index (χ0n) is 8.40. The van der Waals surface area contributed by atoms with E-state index in [0.29, 0.717) is 0 Å². The lowest BCUT2D eigenvalue weighted by atomic mass is 9.87. The Kier molecular flexibility index (Phi) is 3.89. The first kappa shape index (κ1) is 11.9. The third kappa shape index (κ3) is 2.92. The smallest absolute Gasteiger partial charge is 0.157 e. The summed E-state index contributed by atoms with van der Waals surface area (Å²) in [5, 5.41) is -0.599. The molecule has 0 radical (unpaired) electrons. The Hall–Kier alpha value is -0.160. The maximum atomic E-state index is 11.5. The SMILES string of the molecule is CS(=O)(=O)[C@H](C(N)=S)C1CCCCC1. The summed E-state index contributed by atoms with van der Waals surface area (Å²) in [6, 6.07) is 0. The van der Waals surface area contributed by atoms with Crippen molar-refractivity contribution < 1.29 is 8.42 Å². The van der Waals surface area contributed by atoms with Crippen molar-refractivity contribution in [2.45, 2.75) is 37.4 Å². The maximum absolute atomic E-state index is 11.5. The van der Waals surface area contributed by atoms with E-state index in [-0.39, 0.29) is 10.9 Å². The molecule has 0 aromatic carbocycles. The quantitative estimate of drug-likeness (QED) is 0.748. The lowest BCUT2D eigenvalue weighted by Gasteiger charge is -2.28. The van der Waals surface area contributed by atoms with Crippen LogP contribution in [0.3, 0.4) is 0 Å². The van der Waals surface area contributed by atoms with Crippen molar-refractivity contribution in [3.05, 3.63) is 0 Å². The summed E-state index contributed by atoms with van der Waals surface area (Å²) in [4.78, 5) is 0.138. The van der Waals surface area contributed by atoms with Crippen molar-refractivity contribution in [3.63, 3.8) is 0 Å². The van der Waals surface area contributed by atoms with Crippen LogP contribution in [0.15, 0.2) is 0 Å². The first-order valence-corrected chi connectivity index (χ1v) is 7.27. The van der Waals surface area contributed by atoms with Crippen LogP contribution in [0.4, 0.5) is 0 Å². The van der Waals surface area contributed by atoms with E-state index in [9.17, 15) is 8.42 Å². The van der Waals surface area contributed by atoms with Crippen molar-refractivity contribution >= 4 is 27.0 Å². The first-order valence-electron chi connectivity index (χ1n) is 4.91. The van der Waals surface area contributed by atoms with E-state index in [2.05, 4.69) is 0 Å². The Bertz CT molecular complexity index is 305. The van der Waals surface area contributed by atoms with Gasteiger partial charge in [-0.25, -0.2) is 8.42 Å².